The number of benzene rings is 3. The first-order valence-electron chi connectivity index (χ1n) is 11.7. The second kappa shape index (κ2) is 10.1. The maximum Gasteiger partial charge on any atom is 0.289 e. The molecule has 0 radical (unpaired) electrons. The molecule has 2 heterocycles. The first-order valence-corrected chi connectivity index (χ1v) is 12.5. The van der Waals surface area contributed by atoms with Crippen LogP contribution in [0.3, 0.4) is 0 Å². The number of carbonyl (C=O) groups is 2. The number of anilines is 2. The van der Waals surface area contributed by atoms with Gasteiger partial charge < -0.3 is 24.3 Å². The van der Waals surface area contributed by atoms with Crippen LogP contribution in [0, 0.1) is 6.92 Å². The van der Waals surface area contributed by atoms with Crippen LogP contribution in [-0.4, -0.2) is 50.0 Å². The van der Waals surface area contributed by atoms with Crippen molar-refractivity contribution in [3.63, 3.8) is 0 Å². The number of hydrogen-bond donors (Lipinski definition) is 1. The molecule has 7 nitrogen and oxygen atoms in total. The van der Waals surface area contributed by atoms with E-state index < -0.39 is 0 Å². The SMILES string of the molecule is COc1c(C)cc(Br)cc1C(=O)Nc1ccc(N2CCN(C(=O)c3cc4ccccc4o3)CC2)cc1. The zero-order chi connectivity index (χ0) is 25.2. The monoisotopic (exact) mass is 547 g/mol. The summed E-state index contributed by atoms with van der Waals surface area (Å²) < 4.78 is 12.0. The number of aryl methyl sites for hydroxylation is 1. The topological polar surface area (TPSA) is 75.0 Å². The molecule has 4 aromatic rings. The lowest BCUT2D eigenvalue weighted by atomic mass is 10.1. The van der Waals surface area contributed by atoms with Crippen LogP contribution in [-0.2, 0) is 0 Å². The van der Waals surface area contributed by atoms with E-state index in [1.165, 1.54) is 0 Å². The first kappa shape index (κ1) is 23.9. The molecule has 1 aromatic heterocycles. The maximum absolute atomic E-state index is 12.9. The zero-order valence-electron chi connectivity index (χ0n) is 20.1. The van der Waals surface area contributed by atoms with Crippen LogP contribution in [0.2, 0.25) is 0 Å². The van der Waals surface area contributed by atoms with E-state index in [0.717, 1.165) is 26.7 Å². The molecule has 184 valence electrons. The molecule has 8 heteroatoms. The normalized spacial score (nSPS) is 13.6. The Balaban J connectivity index is 1.20. The minimum absolute atomic E-state index is 0.0814. The Kier molecular flexibility index (Phi) is 6.69. The van der Waals surface area contributed by atoms with Crippen molar-refractivity contribution < 1.29 is 18.7 Å². The average Bonchev–Trinajstić information content (AvgIpc) is 3.33. The van der Waals surface area contributed by atoms with E-state index in [1.54, 1.807) is 13.2 Å². The third-order valence-corrected chi connectivity index (χ3v) is 6.84. The van der Waals surface area contributed by atoms with Gasteiger partial charge in [-0.3, -0.25) is 9.59 Å². The summed E-state index contributed by atoms with van der Waals surface area (Å²) in [6.45, 7) is 4.55. The van der Waals surface area contributed by atoms with Gasteiger partial charge in [-0.05, 0) is 61.0 Å². The van der Waals surface area contributed by atoms with Crippen molar-refractivity contribution in [2.24, 2.45) is 0 Å². The summed E-state index contributed by atoms with van der Waals surface area (Å²) in [6, 6.07) is 20.8. The summed E-state index contributed by atoms with van der Waals surface area (Å²) in [5.74, 6) is 0.619. The highest BCUT2D eigenvalue weighted by Gasteiger charge is 2.25. The summed E-state index contributed by atoms with van der Waals surface area (Å²) in [7, 11) is 1.56. The van der Waals surface area contributed by atoms with Crippen LogP contribution in [0.25, 0.3) is 11.0 Å². The number of piperazine rings is 1. The lowest BCUT2D eigenvalue weighted by Crippen LogP contribution is -2.48. The van der Waals surface area contributed by atoms with E-state index in [1.807, 2.05) is 72.5 Å². The predicted molar refractivity (Wildman–Crippen MR) is 144 cm³/mol. The van der Waals surface area contributed by atoms with E-state index in [0.29, 0.717) is 48.9 Å². The van der Waals surface area contributed by atoms with Gasteiger partial charge in [-0.1, -0.05) is 34.1 Å². The molecule has 2 amide bonds. The number of para-hydroxylation sites is 1. The summed E-state index contributed by atoms with van der Waals surface area (Å²) >= 11 is 3.45. The molecule has 0 bridgehead atoms. The van der Waals surface area contributed by atoms with Crippen molar-refractivity contribution in [2.45, 2.75) is 6.92 Å². The Labute approximate surface area is 217 Å². The molecule has 1 aliphatic rings. The molecule has 1 N–H and O–H groups in total. The van der Waals surface area contributed by atoms with E-state index in [2.05, 4.69) is 26.1 Å². The fraction of sp³-hybridized carbons (Fsp3) is 0.214. The summed E-state index contributed by atoms with van der Waals surface area (Å²) in [5, 5.41) is 3.88. The number of ether oxygens (including phenoxy) is 1. The van der Waals surface area contributed by atoms with Gasteiger partial charge in [-0.25, -0.2) is 0 Å². The Morgan fingerprint density at radius 1 is 0.972 bits per heavy atom. The van der Waals surface area contributed by atoms with Crippen LogP contribution in [0.5, 0.6) is 5.75 Å². The second-order valence-electron chi connectivity index (χ2n) is 8.73. The Bertz CT molecular complexity index is 1390. The molecule has 3 aromatic carbocycles. The van der Waals surface area contributed by atoms with Crippen molar-refractivity contribution in [2.75, 3.05) is 43.5 Å². The number of carbonyl (C=O) groups excluding carboxylic acids is 2. The molecule has 0 unspecified atom stereocenters. The standard InChI is InChI=1S/C28H26BrN3O4/c1-18-15-20(29)17-23(26(18)35-2)27(33)30-21-7-9-22(10-8-21)31-11-13-32(14-12-31)28(34)25-16-19-5-3-4-6-24(19)36-25/h3-10,15-17H,11-14H2,1-2H3,(H,30,33). The van der Waals surface area contributed by atoms with E-state index in [-0.39, 0.29) is 11.8 Å². The molecule has 0 atom stereocenters. The molecule has 1 aliphatic heterocycles. The number of methoxy groups -OCH3 is 1. The Hall–Kier alpha value is -3.78. The van der Waals surface area contributed by atoms with Gasteiger partial charge in [0.05, 0.1) is 12.7 Å². The summed E-state index contributed by atoms with van der Waals surface area (Å²) in [6.07, 6.45) is 0. The zero-order valence-corrected chi connectivity index (χ0v) is 21.7. The Morgan fingerprint density at radius 3 is 2.39 bits per heavy atom. The van der Waals surface area contributed by atoms with Gasteiger partial charge in [0.1, 0.15) is 11.3 Å². The summed E-state index contributed by atoms with van der Waals surface area (Å²) in [4.78, 5) is 29.9. The van der Waals surface area contributed by atoms with Gasteiger partial charge in [0.15, 0.2) is 5.76 Å². The van der Waals surface area contributed by atoms with E-state index in [9.17, 15) is 9.59 Å². The van der Waals surface area contributed by atoms with Crippen molar-refractivity contribution in [3.05, 3.63) is 88.1 Å². The van der Waals surface area contributed by atoms with Gasteiger partial charge in [-0.15, -0.1) is 0 Å². The molecule has 0 aliphatic carbocycles. The third kappa shape index (κ3) is 4.81. The fourth-order valence-corrected chi connectivity index (χ4v) is 5.11. The lowest BCUT2D eigenvalue weighted by molar-refractivity contribution is 0.0717. The maximum atomic E-state index is 12.9. The van der Waals surface area contributed by atoms with Crippen LogP contribution in [0.1, 0.15) is 26.5 Å². The van der Waals surface area contributed by atoms with Crippen molar-refractivity contribution in [1.82, 2.24) is 4.90 Å². The molecule has 0 spiro atoms. The average molecular weight is 548 g/mol. The molecule has 36 heavy (non-hydrogen) atoms. The van der Waals surface area contributed by atoms with Gasteiger partial charge in [0, 0.05) is 47.4 Å². The number of amides is 2. The largest absolute Gasteiger partial charge is 0.496 e. The summed E-state index contributed by atoms with van der Waals surface area (Å²) in [5.41, 5.74) is 3.81. The predicted octanol–water partition coefficient (Wildman–Crippen LogP) is 5.73. The number of nitrogens with one attached hydrogen (secondary N) is 1. The highest BCUT2D eigenvalue weighted by atomic mass is 79.9. The first-order chi connectivity index (χ1) is 17.4. The van der Waals surface area contributed by atoms with Gasteiger partial charge in [0.25, 0.3) is 11.8 Å². The van der Waals surface area contributed by atoms with Crippen LogP contribution in [0.4, 0.5) is 11.4 Å². The highest BCUT2D eigenvalue weighted by molar-refractivity contribution is 9.10. The number of halogens is 1. The minimum Gasteiger partial charge on any atom is -0.496 e. The number of fused-ring (bicyclic) bond motifs is 1. The smallest absolute Gasteiger partial charge is 0.289 e. The van der Waals surface area contributed by atoms with Crippen molar-refractivity contribution >= 4 is 50.1 Å². The number of hydrogen-bond acceptors (Lipinski definition) is 5. The molecule has 5 rings (SSSR count). The van der Waals surface area contributed by atoms with E-state index >= 15 is 0 Å². The molecular weight excluding hydrogens is 522 g/mol. The second-order valence-corrected chi connectivity index (χ2v) is 9.65. The van der Waals surface area contributed by atoms with Gasteiger partial charge >= 0.3 is 0 Å². The quantitative estimate of drug-likeness (QED) is 0.345. The van der Waals surface area contributed by atoms with Crippen LogP contribution in [0.15, 0.2) is 75.6 Å². The Morgan fingerprint density at radius 2 is 1.69 bits per heavy atom. The number of rotatable bonds is 5. The number of furan rings is 1. The van der Waals surface area contributed by atoms with Crippen molar-refractivity contribution in [1.29, 1.82) is 0 Å². The number of nitrogens with zero attached hydrogens (tertiary/aromatic N) is 2. The lowest BCUT2D eigenvalue weighted by Gasteiger charge is -2.35. The van der Waals surface area contributed by atoms with Crippen molar-refractivity contribution in [3.8, 4) is 5.75 Å². The van der Waals surface area contributed by atoms with E-state index in [4.69, 9.17) is 9.15 Å². The minimum atomic E-state index is -0.235. The van der Waals surface area contributed by atoms with Gasteiger partial charge in [-0.2, -0.15) is 0 Å². The molecule has 1 saturated heterocycles. The fourth-order valence-electron chi connectivity index (χ4n) is 4.53. The van der Waals surface area contributed by atoms with Gasteiger partial charge in [0.2, 0.25) is 0 Å². The van der Waals surface area contributed by atoms with Crippen LogP contribution >= 0.6 is 15.9 Å². The third-order valence-electron chi connectivity index (χ3n) is 6.38. The molecular formula is C28H26BrN3O4. The molecule has 0 saturated carbocycles. The molecule has 1 fully saturated rings. The highest BCUT2D eigenvalue weighted by Crippen LogP contribution is 2.29. The van der Waals surface area contributed by atoms with Crippen LogP contribution < -0.4 is 15.0 Å².